The Morgan fingerprint density at radius 2 is 2.04 bits per heavy atom. The number of anilines is 1. The second kappa shape index (κ2) is 7.31. The SMILES string of the molecule is O=C(Nc1ccc(CF)cn1)N1CCC(F)(c2ncccc2Cl)CC1. The summed E-state index contributed by atoms with van der Waals surface area (Å²) in [7, 11) is 0. The van der Waals surface area contributed by atoms with E-state index in [1.165, 1.54) is 23.4 Å². The molecule has 0 radical (unpaired) electrons. The predicted octanol–water partition coefficient (Wildman–Crippen LogP) is 4.09. The van der Waals surface area contributed by atoms with Crippen LogP contribution in [0.3, 0.4) is 0 Å². The summed E-state index contributed by atoms with van der Waals surface area (Å²) >= 11 is 6.05. The number of aromatic nitrogens is 2. The summed E-state index contributed by atoms with van der Waals surface area (Å²) in [5.41, 5.74) is -0.985. The van der Waals surface area contributed by atoms with Gasteiger partial charge in [0.15, 0.2) is 5.67 Å². The van der Waals surface area contributed by atoms with Crippen LogP contribution in [0, 0.1) is 0 Å². The minimum absolute atomic E-state index is 0.116. The Labute approximate surface area is 149 Å². The van der Waals surface area contributed by atoms with Gasteiger partial charge in [-0.3, -0.25) is 10.3 Å². The van der Waals surface area contributed by atoms with Crippen molar-refractivity contribution in [3.05, 3.63) is 52.9 Å². The van der Waals surface area contributed by atoms with Crippen LogP contribution in [0.1, 0.15) is 24.1 Å². The van der Waals surface area contributed by atoms with Crippen molar-refractivity contribution in [2.75, 3.05) is 18.4 Å². The Bertz CT molecular complexity index is 749. The lowest BCUT2D eigenvalue weighted by atomic mass is 9.89. The largest absolute Gasteiger partial charge is 0.324 e. The Hall–Kier alpha value is -2.28. The Kier molecular flexibility index (Phi) is 5.13. The molecular formula is C17H17ClF2N4O. The second-order valence-corrected chi connectivity index (χ2v) is 6.31. The molecule has 2 amide bonds. The van der Waals surface area contributed by atoms with Gasteiger partial charge in [0.25, 0.3) is 0 Å². The van der Waals surface area contributed by atoms with Gasteiger partial charge >= 0.3 is 6.03 Å². The molecule has 0 aliphatic carbocycles. The third-order valence-electron chi connectivity index (χ3n) is 4.24. The molecule has 3 rings (SSSR count). The van der Waals surface area contributed by atoms with Crippen molar-refractivity contribution in [1.29, 1.82) is 0 Å². The number of carbonyl (C=O) groups excluding carboxylic acids is 1. The molecule has 0 aromatic carbocycles. The lowest BCUT2D eigenvalue weighted by Crippen LogP contribution is -2.45. The molecule has 0 atom stereocenters. The fraction of sp³-hybridized carbons (Fsp3) is 0.353. The van der Waals surface area contributed by atoms with E-state index in [0.717, 1.165) is 0 Å². The normalized spacial score (nSPS) is 16.5. The minimum Gasteiger partial charge on any atom is -0.324 e. The van der Waals surface area contributed by atoms with E-state index < -0.39 is 12.3 Å². The maximum atomic E-state index is 15.2. The molecule has 0 spiro atoms. The maximum Gasteiger partial charge on any atom is 0.323 e. The Morgan fingerprint density at radius 1 is 1.28 bits per heavy atom. The zero-order chi connectivity index (χ0) is 17.9. The summed E-state index contributed by atoms with van der Waals surface area (Å²) in [5, 5.41) is 2.92. The van der Waals surface area contributed by atoms with Crippen LogP contribution in [0.25, 0.3) is 0 Å². The number of piperidine rings is 1. The van der Waals surface area contributed by atoms with Crippen LogP contribution in [0.15, 0.2) is 36.7 Å². The van der Waals surface area contributed by atoms with Crippen molar-refractivity contribution >= 4 is 23.4 Å². The summed E-state index contributed by atoms with van der Waals surface area (Å²) in [6, 6.07) is 5.98. The summed E-state index contributed by atoms with van der Waals surface area (Å²) in [5.74, 6) is 0.326. The minimum atomic E-state index is -1.64. The zero-order valence-corrected chi connectivity index (χ0v) is 14.1. The van der Waals surface area contributed by atoms with Crippen molar-refractivity contribution in [3.63, 3.8) is 0 Å². The van der Waals surface area contributed by atoms with Gasteiger partial charge in [0.2, 0.25) is 0 Å². The van der Waals surface area contributed by atoms with Gasteiger partial charge in [-0.2, -0.15) is 0 Å². The molecule has 0 unspecified atom stereocenters. The van der Waals surface area contributed by atoms with Crippen molar-refractivity contribution in [2.24, 2.45) is 0 Å². The zero-order valence-electron chi connectivity index (χ0n) is 13.4. The van der Waals surface area contributed by atoms with E-state index in [0.29, 0.717) is 16.4 Å². The molecule has 1 aliphatic rings. The molecule has 0 saturated carbocycles. The number of alkyl halides is 2. The molecule has 132 valence electrons. The molecule has 1 aliphatic heterocycles. The number of hydrogen-bond acceptors (Lipinski definition) is 3. The van der Waals surface area contributed by atoms with Crippen LogP contribution in [0.4, 0.5) is 19.4 Å². The van der Waals surface area contributed by atoms with Gasteiger partial charge in [-0.15, -0.1) is 0 Å². The molecular weight excluding hydrogens is 350 g/mol. The highest BCUT2D eigenvalue weighted by atomic mass is 35.5. The van der Waals surface area contributed by atoms with E-state index in [9.17, 15) is 9.18 Å². The first-order valence-electron chi connectivity index (χ1n) is 7.88. The van der Waals surface area contributed by atoms with Gasteiger partial charge in [0.05, 0.1) is 10.7 Å². The number of urea groups is 1. The highest BCUT2D eigenvalue weighted by Gasteiger charge is 2.40. The number of nitrogens with zero attached hydrogens (tertiary/aromatic N) is 3. The van der Waals surface area contributed by atoms with Gasteiger partial charge in [0.1, 0.15) is 12.5 Å². The van der Waals surface area contributed by atoms with Gasteiger partial charge < -0.3 is 4.90 Å². The standard InChI is InChI=1S/C17H17ClF2N4O/c18-13-2-1-7-21-15(13)17(20)5-8-24(9-6-17)16(25)23-14-4-3-12(10-19)11-22-14/h1-4,7,11H,5-6,8-10H2,(H,22,23,25). The molecule has 25 heavy (non-hydrogen) atoms. The van der Waals surface area contributed by atoms with Gasteiger partial charge in [-0.25, -0.2) is 18.6 Å². The lowest BCUT2D eigenvalue weighted by Gasteiger charge is -2.36. The van der Waals surface area contributed by atoms with E-state index in [-0.39, 0.29) is 37.7 Å². The second-order valence-electron chi connectivity index (χ2n) is 5.90. The quantitative estimate of drug-likeness (QED) is 0.890. The van der Waals surface area contributed by atoms with Crippen LogP contribution >= 0.6 is 11.6 Å². The average molecular weight is 367 g/mol. The number of pyridine rings is 2. The van der Waals surface area contributed by atoms with E-state index in [2.05, 4.69) is 15.3 Å². The highest BCUT2D eigenvalue weighted by Crippen LogP contribution is 2.39. The Morgan fingerprint density at radius 3 is 2.64 bits per heavy atom. The summed E-state index contributed by atoms with van der Waals surface area (Å²) < 4.78 is 27.6. The van der Waals surface area contributed by atoms with Crippen molar-refractivity contribution < 1.29 is 13.6 Å². The smallest absolute Gasteiger partial charge is 0.323 e. The molecule has 1 saturated heterocycles. The monoisotopic (exact) mass is 366 g/mol. The molecule has 3 heterocycles. The van der Waals surface area contributed by atoms with Crippen molar-refractivity contribution in [2.45, 2.75) is 25.2 Å². The first-order valence-corrected chi connectivity index (χ1v) is 8.26. The Balaban J connectivity index is 1.61. The van der Waals surface area contributed by atoms with Crippen LogP contribution in [-0.2, 0) is 12.3 Å². The number of nitrogens with one attached hydrogen (secondary N) is 1. The topological polar surface area (TPSA) is 58.1 Å². The lowest BCUT2D eigenvalue weighted by molar-refractivity contribution is 0.0684. The van der Waals surface area contributed by atoms with Crippen LogP contribution in [-0.4, -0.2) is 34.0 Å². The third-order valence-corrected chi connectivity index (χ3v) is 4.55. The number of amides is 2. The predicted molar refractivity (Wildman–Crippen MR) is 90.9 cm³/mol. The van der Waals surface area contributed by atoms with Crippen LogP contribution in [0.2, 0.25) is 5.02 Å². The molecule has 5 nitrogen and oxygen atoms in total. The molecule has 8 heteroatoms. The molecule has 1 fully saturated rings. The average Bonchev–Trinajstić information content (AvgIpc) is 2.63. The fourth-order valence-corrected chi connectivity index (χ4v) is 3.07. The van der Waals surface area contributed by atoms with Gasteiger partial charge in [0, 0.05) is 43.9 Å². The highest BCUT2D eigenvalue weighted by molar-refractivity contribution is 6.31. The maximum absolute atomic E-state index is 15.2. The first kappa shape index (κ1) is 17.5. The number of halogens is 3. The summed E-state index contributed by atoms with van der Waals surface area (Å²) in [6.07, 6.45) is 3.10. The first-order chi connectivity index (χ1) is 12.0. The number of rotatable bonds is 3. The van der Waals surface area contributed by atoms with E-state index in [1.807, 2.05) is 0 Å². The fourth-order valence-electron chi connectivity index (χ4n) is 2.78. The molecule has 0 bridgehead atoms. The van der Waals surface area contributed by atoms with Crippen LogP contribution in [0.5, 0.6) is 0 Å². The van der Waals surface area contributed by atoms with Gasteiger partial charge in [-0.05, 0) is 18.2 Å². The number of likely N-dealkylation sites (tertiary alicyclic amines) is 1. The summed E-state index contributed by atoms with van der Waals surface area (Å²) in [4.78, 5) is 21.8. The van der Waals surface area contributed by atoms with E-state index in [4.69, 9.17) is 11.6 Å². The molecule has 1 N–H and O–H groups in total. The summed E-state index contributed by atoms with van der Waals surface area (Å²) in [6.45, 7) is -0.141. The molecule has 2 aromatic heterocycles. The number of hydrogen-bond donors (Lipinski definition) is 1. The van der Waals surface area contributed by atoms with Crippen molar-refractivity contribution in [1.82, 2.24) is 14.9 Å². The van der Waals surface area contributed by atoms with Gasteiger partial charge in [-0.1, -0.05) is 17.7 Å². The van der Waals surface area contributed by atoms with Crippen LogP contribution < -0.4 is 5.32 Å². The van der Waals surface area contributed by atoms with Crippen molar-refractivity contribution in [3.8, 4) is 0 Å². The number of carbonyl (C=O) groups is 1. The van der Waals surface area contributed by atoms with E-state index in [1.54, 1.807) is 18.2 Å². The van der Waals surface area contributed by atoms with E-state index >= 15 is 4.39 Å². The molecule has 2 aromatic rings. The third kappa shape index (κ3) is 3.87.